The number of rotatable bonds is 4. The highest BCUT2D eigenvalue weighted by molar-refractivity contribution is 14.1. The van der Waals surface area contributed by atoms with Crippen LogP contribution in [0.1, 0.15) is 32.4 Å². The molecule has 78 valence electrons. The van der Waals surface area contributed by atoms with E-state index in [1.165, 1.54) is 0 Å². The molecule has 0 saturated heterocycles. The molecule has 1 aromatic heterocycles. The first-order chi connectivity index (χ1) is 6.66. The summed E-state index contributed by atoms with van der Waals surface area (Å²) in [6, 6.07) is 0.448. The minimum atomic E-state index is 0.421. The highest BCUT2D eigenvalue weighted by Gasteiger charge is 2.16. The molecule has 1 N–H and O–H groups in total. The number of nitrogens with one attached hydrogen (secondary N) is 1. The standard InChI is InChI=1S/C10H16IN3/c1-4-13-8(3)7(2)10-9(11)5-12-6-14-10/h5-8,13H,4H2,1-3H3. The van der Waals surface area contributed by atoms with Gasteiger partial charge in [0.05, 0.1) is 9.26 Å². The Kier molecular flexibility index (Phi) is 4.74. The third-order valence-electron chi connectivity index (χ3n) is 2.40. The van der Waals surface area contributed by atoms with E-state index in [1.54, 1.807) is 6.33 Å². The Balaban J connectivity index is 2.78. The van der Waals surface area contributed by atoms with Gasteiger partial charge in [-0.1, -0.05) is 13.8 Å². The van der Waals surface area contributed by atoms with Crippen LogP contribution in [0.25, 0.3) is 0 Å². The maximum Gasteiger partial charge on any atom is 0.115 e. The van der Waals surface area contributed by atoms with Crippen LogP contribution in [0.4, 0.5) is 0 Å². The summed E-state index contributed by atoms with van der Waals surface area (Å²) < 4.78 is 1.14. The molecule has 0 aromatic carbocycles. The van der Waals surface area contributed by atoms with Crippen molar-refractivity contribution in [2.75, 3.05) is 6.54 Å². The van der Waals surface area contributed by atoms with Crippen LogP contribution in [-0.4, -0.2) is 22.6 Å². The van der Waals surface area contributed by atoms with Crippen LogP contribution < -0.4 is 5.32 Å². The summed E-state index contributed by atoms with van der Waals surface area (Å²) in [4.78, 5) is 8.32. The van der Waals surface area contributed by atoms with Crippen molar-refractivity contribution in [3.63, 3.8) is 0 Å². The maximum absolute atomic E-state index is 4.32. The summed E-state index contributed by atoms with van der Waals surface area (Å²) in [6.07, 6.45) is 3.48. The second-order valence-corrected chi connectivity index (χ2v) is 4.55. The van der Waals surface area contributed by atoms with E-state index in [0.717, 1.165) is 15.8 Å². The van der Waals surface area contributed by atoms with Crippen molar-refractivity contribution < 1.29 is 0 Å². The number of nitrogens with zero attached hydrogens (tertiary/aromatic N) is 2. The predicted octanol–water partition coefficient (Wildman–Crippen LogP) is 2.18. The van der Waals surface area contributed by atoms with Gasteiger partial charge < -0.3 is 5.32 Å². The average molecular weight is 305 g/mol. The molecule has 0 amide bonds. The lowest BCUT2D eigenvalue weighted by molar-refractivity contribution is 0.485. The lowest BCUT2D eigenvalue weighted by atomic mass is 10.00. The van der Waals surface area contributed by atoms with Crippen LogP contribution in [0.3, 0.4) is 0 Å². The third kappa shape index (κ3) is 2.88. The summed E-state index contributed by atoms with van der Waals surface area (Å²) in [5, 5.41) is 3.41. The number of likely N-dealkylation sites (N-methyl/N-ethyl adjacent to an activating group) is 1. The summed E-state index contributed by atoms with van der Waals surface area (Å²) in [5.74, 6) is 0.421. The molecule has 2 atom stereocenters. The number of aromatic nitrogens is 2. The fourth-order valence-electron chi connectivity index (χ4n) is 1.39. The van der Waals surface area contributed by atoms with E-state index < -0.39 is 0 Å². The highest BCUT2D eigenvalue weighted by atomic mass is 127. The van der Waals surface area contributed by atoms with Crippen molar-refractivity contribution in [3.05, 3.63) is 21.8 Å². The molecule has 0 spiro atoms. The molecule has 4 heteroatoms. The van der Waals surface area contributed by atoms with Gasteiger partial charge in [-0.05, 0) is 36.1 Å². The minimum Gasteiger partial charge on any atom is -0.314 e. The van der Waals surface area contributed by atoms with Crippen LogP contribution in [0.5, 0.6) is 0 Å². The number of hydrogen-bond donors (Lipinski definition) is 1. The van der Waals surface area contributed by atoms with Crippen LogP contribution in [0.2, 0.25) is 0 Å². The van der Waals surface area contributed by atoms with Crippen molar-refractivity contribution in [3.8, 4) is 0 Å². The quantitative estimate of drug-likeness (QED) is 0.867. The molecule has 0 aliphatic carbocycles. The van der Waals surface area contributed by atoms with Gasteiger partial charge in [0.1, 0.15) is 6.33 Å². The monoisotopic (exact) mass is 305 g/mol. The average Bonchev–Trinajstić information content (AvgIpc) is 2.18. The van der Waals surface area contributed by atoms with E-state index in [4.69, 9.17) is 0 Å². The van der Waals surface area contributed by atoms with Gasteiger partial charge in [0.15, 0.2) is 0 Å². The molecule has 1 rings (SSSR count). The van der Waals surface area contributed by atoms with Crippen molar-refractivity contribution in [2.24, 2.45) is 0 Å². The Bertz CT molecular complexity index is 290. The second kappa shape index (κ2) is 5.60. The second-order valence-electron chi connectivity index (χ2n) is 3.39. The zero-order valence-corrected chi connectivity index (χ0v) is 10.9. The molecule has 0 radical (unpaired) electrons. The van der Waals surface area contributed by atoms with E-state index in [0.29, 0.717) is 12.0 Å². The summed E-state index contributed by atoms with van der Waals surface area (Å²) in [5.41, 5.74) is 1.13. The lowest BCUT2D eigenvalue weighted by Crippen LogP contribution is -2.31. The fraction of sp³-hybridized carbons (Fsp3) is 0.600. The van der Waals surface area contributed by atoms with Crippen molar-refractivity contribution >= 4 is 22.6 Å². The van der Waals surface area contributed by atoms with Crippen molar-refractivity contribution in [2.45, 2.75) is 32.7 Å². The fourth-order valence-corrected chi connectivity index (χ4v) is 2.18. The molecule has 0 fully saturated rings. The maximum atomic E-state index is 4.32. The molecule has 1 aromatic rings. The topological polar surface area (TPSA) is 37.8 Å². The summed E-state index contributed by atoms with van der Waals surface area (Å²) >= 11 is 2.28. The molecule has 0 aliphatic rings. The van der Waals surface area contributed by atoms with E-state index in [9.17, 15) is 0 Å². The third-order valence-corrected chi connectivity index (χ3v) is 3.23. The van der Waals surface area contributed by atoms with Crippen LogP contribution in [0.15, 0.2) is 12.5 Å². The van der Waals surface area contributed by atoms with E-state index in [2.05, 4.69) is 58.6 Å². The first kappa shape index (κ1) is 11.8. The Morgan fingerprint density at radius 2 is 2.21 bits per heavy atom. The molecule has 0 saturated carbocycles. The van der Waals surface area contributed by atoms with E-state index in [-0.39, 0.29) is 0 Å². The molecule has 1 heterocycles. The number of hydrogen-bond acceptors (Lipinski definition) is 3. The van der Waals surface area contributed by atoms with E-state index >= 15 is 0 Å². The first-order valence-electron chi connectivity index (χ1n) is 4.85. The van der Waals surface area contributed by atoms with Crippen molar-refractivity contribution in [1.29, 1.82) is 0 Å². The van der Waals surface area contributed by atoms with Gasteiger partial charge in [-0.3, -0.25) is 0 Å². The van der Waals surface area contributed by atoms with E-state index in [1.807, 2.05) is 6.20 Å². The molecular formula is C10H16IN3. The zero-order chi connectivity index (χ0) is 10.6. The van der Waals surface area contributed by atoms with Gasteiger partial charge in [0.2, 0.25) is 0 Å². The zero-order valence-electron chi connectivity index (χ0n) is 8.79. The smallest absolute Gasteiger partial charge is 0.115 e. The molecule has 3 nitrogen and oxygen atoms in total. The molecule has 14 heavy (non-hydrogen) atoms. The summed E-state index contributed by atoms with van der Waals surface area (Å²) in [7, 11) is 0. The normalized spacial score (nSPS) is 15.1. The lowest BCUT2D eigenvalue weighted by Gasteiger charge is -2.20. The Labute approximate surface area is 98.9 Å². The summed E-state index contributed by atoms with van der Waals surface area (Å²) in [6.45, 7) is 7.49. The Morgan fingerprint density at radius 3 is 2.79 bits per heavy atom. The largest absolute Gasteiger partial charge is 0.314 e. The van der Waals surface area contributed by atoms with Crippen LogP contribution >= 0.6 is 22.6 Å². The van der Waals surface area contributed by atoms with Crippen molar-refractivity contribution in [1.82, 2.24) is 15.3 Å². The van der Waals surface area contributed by atoms with Gasteiger partial charge in [-0.15, -0.1) is 0 Å². The molecule has 2 unspecified atom stereocenters. The van der Waals surface area contributed by atoms with Crippen LogP contribution in [0, 0.1) is 3.57 Å². The predicted molar refractivity (Wildman–Crippen MR) is 66.3 cm³/mol. The first-order valence-corrected chi connectivity index (χ1v) is 5.93. The SMILES string of the molecule is CCNC(C)C(C)c1ncncc1I. The molecule has 0 bridgehead atoms. The molecular weight excluding hydrogens is 289 g/mol. The molecule has 0 aliphatic heterocycles. The Hall–Kier alpha value is -0.230. The van der Waals surface area contributed by atoms with Gasteiger partial charge in [-0.25, -0.2) is 9.97 Å². The van der Waals surface area contributed by atoms with Gasteiger partial charge in [0.25, 0.3) is 0 Å². The van der Waals surface area contributed by atoms with Gasteiger partial charge in [0, 0.05) is 18.2 Å². The highest BCUT2D eigenvalue weighted by Crippen LogP contribution is 2.21. The van der Waals surface area contributed by atoms with Gasteiger partial charge in [-0.2, -0.15) is 0 Å². The Morgan fingerprint density at radius 1 is 1.50 bits per heavy atom. The minimum absolute atomic E-state index is 0.421. The number of halogens is 1. The van der Waals surface area contributed by atoms with Gasteiger partial charge >= 0.3 is 0 Å². The van der Waals surface area contributed by atoms with Crippen LogP contribution in [-0.2, 0) is 0 Å².